The lowest BCUT2D eigenvalue weighted by molar-refractivity contribution is -0.146. The molecule has 0 bridgehead atoms. The van der Waals surface area contributed by atoms with Crippen LogP contribution in [0.1, 0.15) is 40.5 Å². The van der Waals surface area contributed by atoms with Crippen LogP contribution in [0, 0.1) is 0 Å². The molecular formula is C17H22F3IN2O3. The number of halogens is 4. The average Bonchev–Trinajstić information content (AvgIpc) is 2.47. The molecule has 0 aromatic heterocycles. The van der Waals surface area contributed by atoms with E-state index in [2.05, 4.69) is 10.6 Å². The molecule has 0 saturated carbocycles. The number of allylic oxidation sites excluding steroid dienone is 1. The number of rotatable bonds is 3. The van der Waals surface area contributed by atoms with Gasteiger partial charge < -0.3 is 10.1 Å². The second kappa shape index (κ2) is 7.32. The number of alkyl carbamates (subject to hydrolysis) is 1. The molecule has 0 spiro atoms. The van der Waals surface area contributed by atoms with Crippen LogP contribution in [0.4, 0.5) is 18.0 Å². The standard InChI is InChI=1S/C17H22F3IN2O3/c1-10-7-11(8-12(21-10)22-14(25)26-15(2,3)4)16(9-18)17(19,20)6-5-13(24)23-16/h7-8H,5-6,9H2,1-4H3,(H,22,25)(H,23,24)/t16-/m1/s1. The smallest absolute Gasteiger partial charge is 0.412 e. The Kier molecular flexibility index (Phi) is 5.89. The third-order valence-electron chi connectivity index (χ3n) is 3.84. The highest BCUT2D eigenvalue weighted by Gasteiger charge is 2.59. The van der Waals surface area contributed by atoms with E-state index in [-0.39, 0.29) is 12.0 Å². The predicted octanol–water partition coefficient (Wildman–Crippen LogP) is 3.71. The first-order valence-electron chi connectivity index (χ1n) is 8.06. The third kappa shape index (κ3) is 4.47. The van der Waals surface area contributed by atoms with Crippen molar-refractivity contribution in [3.05, 3.63) is 21.3 Å². The van der Waals surface area contributed by atoms with Crippen molar-refractivity contribution in [1.29, 1.82) is 0 Å². The summed E-state index contributed by atoms with van der Waals surface area (Å²) in [6.45, 7) is 5.40. The van der Waals surface area contributed by atoms with Crippen LogP contribution in [0.25, 0.3) is 0 Å². The molecular weight excluding hydrogens is 464 g/mol. The van der Waals surface area contributed by atoms with Gasteiger partial charge in [0.2, 0.25) is 5.91 Å². The Morgan fingerprint density at radius 1 is 1.38 bits per heavy atom. The molecule has 146 valence electrons. The topological polar surface area (TPSA) is 67.4 Å². The SMILES string of the molecule is CC1=CC([C@@]2(CF)NC(=O)CCC2(F)F)=CC(NC(=O)OC(C)(C)C)=I1. The lowest BCUT2D eigenvalue weighted by atomic mass is 9.78. The summed E-state index contributed by atoms with van der Waals surface area (Å²) < 4.78 is 49.4. The third-order valence-corrected chi connectivity index (χ3v) is 6.17. The van der Waals surface area contributed by atoms with Gasteiger partial charge in [-0.3, -0.25) is 10.1 Å². The Balaban J connectivity index is 2.36. The van der Waals surface area contributed by atoms with Gasteiger partial charge >= 0.3 is 6.09 Å². The minimum atomic E-state index is -3.44. The molecule has 2 amide bonds. The lowest BCUT2D eigenvalue weighted by Crippen LogP contribution is -2.66. The molecule has 1 fully saturated rings. The van der Waals surface area contributed by atoms with E-state index in [1.165, 1.54) is 12.2 Å². The van der Waals surface area contributed by atoms with Gasteiger partial charge in [0.15, 0.2) is 5.54 Å². The van der Waals surface area contributed by atoms with E-state index >= 15 is 0 Å². The van der Waals surface area contributed by atoms with E-state index in [0.29, 0.717) is 3.63 Å². The number of ether oxygens (including phenoxy) is 1. The number of carbonyl (C=O) groups excluding carboxylic acids is 2. The van der Waals surface area contributed by atoms with Crippen LogP contribution in [0.5, 0.6) is 0 Å². The van der Waals surface area contributed by atoms with Crippen LogP contribution in [-0.4, -0.2) is 39.4 Å². The molecule has 2 N–H and O–H groups in total. The number of piperidine rings is 1. The molecule has 9 heteroatoms. The normalized spacial score (nSPS) is 25.8. The molecule has 0 unspecified atom stereocenters. The molecule has 1 saturated heterocycles. The summed E-state index contributed by atoms with van der Waals surface area (Å²) in [6, 6.07) is 0. The summed E-state index contributed by atoms with van der Waals surface area (Å²) >= 11 is -0.802. The van der Waals surface area contributed by atoms with Crippen molar-refractivity contribution in [2.24, 2.45) is 0 Å². The van der Waals surface area contributed by atoms with Gasteiger partial charge in [-0.25, -0.2) is 18.0 Å². The van der Waals surface area contributed by atoms with E-state index in [9.17, 15) is 22.8 Å². The summed E-state index contributed by atoms with van der Waals surface area (Å²) in [5.41, 5.74) is -3.18. The Morgan fingerprint density at radius 3 is 2.62 bits per heavy atom. The number of nitrogens with one attached hydrogen (secondary N) is 2. The van der Waals surface area contributed by atoms with Gasteiger partial charge in [0.1, 0.15) is 12.3 Å². The molecule has 26 heavy (non-hydrogen) atoms. The largest absolute Gasteiger partial charge is 0.444 e. The van der Waals surface area contributed by atoms with E-state index in [0.717, 1.165) is 3.58 Å². The maximum absolute atomic E-state index is 14.6. The summed E-state index contributed by atoms with van der Waals surface area (Å²) in [4.78, 5) is 23.7. The van der Waals surface area contributed by atoms with E-state index in [4.69, 9.17) is 4.74 Å². The van der Waals surface area contributed by atoms with Crippen molar-refractivity contribution < 1.29 is 27.5 Å². The minimum absolute atomic E-state index is 0.0486. The van der Waals surface area contributed by atoms with Crippen molar-refractivity contribution in [3.8, 4) is 0 Å². The highest BCUT2D eigenvalue weighted by Crippen LogP contribution is 2.44. The molecule has 2 rings (SSSR count). The van der Waals surface area contributed by atoms with Crippen LogP contribution >= 0.6 is 20.7 Å². The van der Waals surface area contributed by atoms with Gasteiger partial charge in [0.05, 0.1) is 3.63 Å². The first-order chi connectivity index (χ1) is 11.9. The number of alkyl halides is 3. The van der Waals surface area contributed by atoms with Gasteiger partial charge in [-0.15, -0.1) is 0 Å². The molecule has 2 aliphatic heterocycles. The summed E-state index contributed by atoms with van der Waals surface area (Å²) in [6.07, 6.45) is 1.03. The first-order valence-corrected chi connectivity index (χ1v) is 10.2. The fraction of sp³-hybridized carbons (Fsp3) is 0.588. The molecule has 0 radical (unpaired) electrons. The highest BCUT2D eigenvalue weighted by atomic mass is 127. The van der Waals surface area contributed by atoms with Crippen molar-refractivity contribution >= 4 is 36.4 Å². The Morgan fingerprint density at radius 2 is 2.04 bits per heavy atom. The van der Waals surface area contributed by atoms with Crippen molar-refractivity contribution in [2.75, 3.05) is 6.67 Å². The van der Waals surface area contributed by atoms with Gasteiger partial charge in [-0.1, -0.05) is 20.7 Å². The molecule has 0 aliphatic carbocycles. The van der Waals surface area contributed by atoms with Crippen molar-refractivity contribution in [3.63, 3.8) is 0 Å². The highest BCUT2D eigenvalue weighted by molar-refractivity contribution is 14.2. The van der Waals surface area contributed by atoms with Crippen molar-refractivity contribution in [2.45, 2.75) is 57.6 Å². The van der Waals surface area contributed by atoms with E-state index < -0.39 is 62.9 Å². The first kappa shape index (κ1) is 20.9. The van der Waals surface area contributed by atoms with Gasteiger partial charge in [0.25, 0.3) is 5.92 Å². The van der Waals surface area contributed by atoms with Gasteiger partial charge in [-0.2, -0.15) is 0 Å². The van der Waals surface area contributed by atoms with Crippen LogP contribution in [0.2, 0.25) is 0 Å². The number of hydrogen-bond donors (Lipinski definition) is 2. The van der Waals surface area contributed by atoms with Crippen LogP contribution in [0.3, 0.4) is 0 Å². The molecule has 2 heterocycles. The zero-order valence-electron chi connectivity index (χ0n) is 15.0. The summed E-state index contributed by atoms with van der Waals surface area (Å²) in [5.74, 6) is -4.06. The van der Waals surface area contributed by atoms with E-state index in [1.54, 1.807) is 27.7 Å². The van der Waals surface area contributed by atoms with Gasteiger partial charge in [0, 0.05) is 12.8 Å². The molecule has 5 nitrogen and oxygen atoms in total. The predicted molar refractivity (Wildman–Crippen MR) is 101 cm³/mol. The Bertz CT molecular complexity index is 711. The Hall–Kier alpha value is -1.39. The van der Waals surface area contributed by atoms with E-state index in [1.807, 2.05) is 0 Å². The lowest BCUT2D eigenvalue weighted by Gasteiger charge is -2.43. The fourth-order valence-corrected chi connectivity index (χ4v) is 4.94. The summed E-state index contributed by atoms with van der Waals surface area (Å²) in [5, 5.41) is 4.71. The zero-order valence-corrected chi connectivity index (χ0v) is 17.2. The van der Waals surface area contributed by atoms with Crippen LogP contribution in [0.15, 0.2) is 21.3 Å². The minimum Gasteiger partial charge on any atom is -0.444 e. The number of amides is 2. The summed E-state index contributed by atoms with van der Waals surface area (Å²) in [7, 11) is 0. The second-order valence-corrected chi connectivity index (χ2v) is 10.6. The molecule has 0 aromatic carbocycles. The number of hydrogen-bond acceptors (Lipinski definition) is 3. The monoisotopic (exact) mass is 486 g/mol. The number of carbonyl (C=O) groups is 2. The average molecular weight is 486 g/mol. The zero-order chi connectivity index (χ0) is 19.8. The fourth-order valence-electron chi connectivity index (χ4n) is 2.68. The molecule has 0 aromatic rings. The quantitative estimate of drug-likeness (QED) is 0.598. The van der Waals surface area contributed by atoms with Crippen molar-refractivity contribution in [1.82, 2.24) is 10.6 Å². The van der Waals surface area contributed by atoms with Gasteiger partial charge in [-0.05, 0) is 49.0 Å². The maximum atomic E-state index is 14.6. The maximum Gasteiger partial charge on any atom is 0.412 e. The van der Waals surface area contributed by atoms with Crippen LogP contribution in [-0.2, 0) is 9.53 Å². The molecule has 1 atom stereocenters. The van der Waals surface area contributed by atoms with Crippen LogP contribution < -0.4 is 10.6 Å². The molecule has 2 aliphatic rings. The Labute approximate surface area is 160 Å². The second-order valence-electron chi connectivity index (χ2n) is 7.19.